The fourth-order valence-corrected chi connectivity index (χ4v) is 2.85. The predicted octanol–water partition coefficient (Wildman–Crippen LogP) is 3.78. The van der Waals surface area contributed by atoms with Gasteiger partial charge in [0.1, 0.15) is 5.84 Å². The molecule has 0 unspecified atom stereocenters. The smallest absolute Gasteiger partial charge is 0.229 e. The zero-order chi connectivity index (χ0) is 18.4. The Balaban J connectivity index is 1.69. The summed E-state index contributed by atoms with van der Waals surface area (Å²) >= 11 is 3.40. The van der Waals surface area contributed by atoms with Crippen molar-refractivity contribution in [2.75, 3.05) is 41.8 Å². The van der Waals surface area contributed by atoms with Gasteiger partial charge in [0.25, 0.3) is 0 Å². The number of amidine groups is 1. The van der Waals surface area contributed by atoms with E-state index in [1.54, 1.807) is 18.3 Å². The predicted molar refractivity (Wildman–Crippen MR) is 109 cm³/mol. The van der Waals surface area contributed by atoms with Crippen molar-refractivity contribution in [2.45, 2.75) is 6.92 Å². The van der Waals surface area contributed by atoms with Crippen molar-refractivity contribution < 1.29 is 4.74 Å². The molecule has 0 bridgehead atoms. The molecular formula is C18H21BrN6O. The first kappa shape index (κ1) is 18.3. The number of benzene rings is 1. The van der Waals surface area contributed by atoms with Crippen LogP contribution in [0.25, 0.3) is 0 Å². The molecule has 2 heterocycles. The van der Waals surface area contributed by atoms with Crippen LogP contribution in [0.5, 0.6) is 0 Å². The van der Waals surface area contributed by atoms with E-state index in [0.29, 0.717) is 16.2 Å². The van der Waals surface area contributed by atoms with Crippen molar-refractivity contribution in [1.29, 1.82) is 5.41 Å². The van der Waals surface area contributed by atoms with E-state index in [2.05, 4.69) is 53.6 Å². The van der Waals surface area contributed by atoms with Crippen LogP contribution in [0.4, 0.5) is 23.1 Å². The van der Waals surface area contributed by atoms with E-state index in [-0.39, 0.29) is 5.84 Å². The lowest BCUT2D eigenvalue weighted by Gasteiger charge is -2.28. The highest BCUT2D eigenvalue weighted by molar-refractivity contribution is 9.10. The van der Waals surface area contributed by atoms with Crippen LogP contribution < -0.4 is 15.5 Å². The van der Waals surface area contributed by atoms with Crippen LogP contribution in [0, 0.1) is 5.41 Å². The fraction of sp³-hybridized carbons (Fsp3) is 0.278. The molecule has 26 heavy (non-hydrogen) atoms. The van der Waals surface area contributed by atoms with Gasteiger partial charge in [-0.3, -0.25) is 5.41 Å². The van der Waals surface area contributed by atoms with Gasteiger partial charge in [-0.15, -0.1) is 0 Å². The first-order valence-electron chi connectivity index (χ1n) is 8.36. The number of aromatic nitrogens is 2. The molecule has 0 spiro atoms. The minimum Gasteiger partial charge on any atom is -0.378 e. The summed E-state index contributed by atoms with van der Waals surface area (Å²) in [6, 6.07) is 8.16. The lowest BCUT2D eigenvalue weighted by atomic mass is 10.2. The Morgan fingerprint density at radius 1 is 1.27 bits per heavy atom. The van der Waals surface area contributed by atoms with Crippen LogP contribution in [0.15, 0.2) is 47.1 Å². The molecule has 1 fully saturated rings. The Bertz CT molecular complexity index is 787. The van der Waals surface area contributed by atoms with E-state index in [0.717, 1.165) is 32.0 Å². The third-order valence-corrected chi connectivity index (χ3v) is 4.41. The van der Waals surface area contributed by atoms with Crippen molar-refractivity contribution in [3.63, 3.8) is 0 Å². The quantitative estimate of drug-likeness (QED) is 0.507. The Labute approximate surface area is 161 Å². The molecule has 3 rings (SSSR count). The van der Waals surface area contributed by atoms with E-state index in [1.807, 2.05) is 19.1 Å². The summed E-state index contributed by atoms with van der Waals surface area (Å²) < 4.78 is 6.08. The van der Waals surface area contributed by atoms with Crippen LogP contribution in [-0.2, 0) is 4.74 Å². The maximum atomic E-state index is 7.82. The van der Waals surface area contributed by atoms with Gasteiger partial charge < -0.3 is 20.3 Å². The standard InChI is InChI=1S/C18H21BrN6O/c1-2-3-16(20)23-17-15(19)12-21-18(24-17)22-13-4-6-14(7-5-13)25-8-10-26-11-9-25/h2-7,12H,8-11H2,1H3,(H3,20,21,22,23,24)/b3-2-. The van der Waals surface area contributed by atoms with Crippen molar-refractivity contribution in [1.82, 2.24) is 9.97 Å². The number of morpholine rings is 1. The van der Waals surface area contributed by atoms with Crippen molar-refractivity contribution >= 4 is 44.9 Å². The summed E-state index contributed by atoms with van der Waals surface area (Å²) in [7, 11) is 0. The summed E-state index contributed by atoms with van der Waals surface area (Å²) in [5.41, 5.74) is 2.08. The third-order valence-electron chi connectivity index (χ3n) is 3.83. The van der Waals surface area contributed by atoms with Gasteiger partial charge in [-0.05, 0) is 53.2 Å². The zero-order valence-electron chi connectivity index (χ0n) is 14.5. The van der Waals surface area contributed by atoms with Crippen LogP contribution in [0.1, 0.15) is 6.92 Å². The zero-order valence-corrected chi connectivity index (χ0v) is 16.1. The first-order chi connectivity index (χ1) is 12.7. The summed E-state index contributed by atoms with van der Waals surface area (Å²) in [5.74, 6) is 1.26. The molecule has 136 valence electrons. The van der Waals surface area contributed by atoms with Gasteiger partial charge in [-0.1, -0.05) is 6.08 Å². The van der Waals surface area contributed by atoms with E-state index >= 15 is 0 Å². The Kier molecular flexibility index (Phi) is 6.19. The third kappa shape index (κ3) is 4.80. The topological polar surface area (TPSA) is 86.2 Å². The monoisotopic (exact) mass is 416 g/mol. The molecule has 1 aliphatic rings. The van der Waals surface area contributed by atoms with Gasteiger partial charge in [0.05, 0.1) is 17.7 Å². The minimum absolute atomic E-state index is 0.257. The van der Waals surface area contributed by atoms with E-state index in [9.17, 15) is 0 Å². The maximum absolute atomic E-state index is 7.82. The molecule has 1 aromatic heterocycles. The summed E-state index contributed by atoms with van der Waals surface area (Å²) in [4.78, 5) is 11.0. The number of hydrogen-bond donors (Lipinski definition) is 3. The molecule has 0 atom stereocenters. The second-order valence-corrected chi connectivity index (χ2v) is 6.55. The lowest BCUT2D eigenvalue weighted by molar-refractivity contribution is 0.122. The highest BCUT2D eigenvalue weighted by atomic mass is 79.9. The molecule has 1 aliphatic heterocycles. The molecule has 1 saturated heterocycles. The van der Waals surface area contributed by atoms with E-state index < -0.39 is 0 Å². The largest absolute Gasteiger partial charge is 0.378 e. The second-order valence-electron chi connectivity index (χ2n) is 5.70. The summed E-state index contributed by atoms with van der Waals surface area (Å²) in [6.07, 6.45) is 5.11. The second kappa shape index (κ2) is 8.77. The fourth-order valence-electron chi connectivity index (χ4n) is 2.56. The molecule has 8 heteroatoms. The number of anilines is 4. The molecule has 0 saturated carbocycles. The number of rotatable bonds is 5. The highest BCUT2D eigenvalue weighted by Gasteiger charge is 2.11. The molecular weight excluding hydrogens is 396 g/mol. The number of nitrogens with zero attached hydrogens (tertiary/aromatic N) is 3. The molecule has 7 nitrogen and oxygen atoms in total. The molecule has 1 aromatic carbocycles. The van der Waals surface area contributed by atoms with Crippen molar-refractivity contribution in [3.8, 4) is 0 Å². The Hall–Kier alpha value is -2.45. The Morgan fingerprint density at radius 3 is 2.69 bits per heavy atom. The molecule has 0 radical (unpaired) electrons. The number of ether oxygens (including phenoxy) is 1. The molecule has 0 aliphatic carbocycles. The number of nitrogens with one attached hydrogen (secondary N) is 3. The van der Waals surface area contributed by atoms with Gasteiger partial charge in [0.2, 0.25) is 5.95 Å². The summed E-state index contributed by atoms with van der Waals surface area (Å²) in [6.45, 7) is 5.22. The first-order valence-corrected chi connectivity index (χ1v) is 9.15. The highest BCUT2D eigenvalue weighted by Crippen LogP contribution is 2.24. The van der Waals surface area contributed by atoms with Gasteiger partial charge in [0.15, 0.2) is 5.82 Å². The SMILES string of the molecule is C/C=C\C(=N)Nc1nc(Nc2ccc(N3CCOCC3)cc2)ncc1Br. The maximum Gasteiger partial charge on any atom is 0.229 e. The van der Waals surface area contributed by atoms with Crippen LogP contribution in [0.3, 0.4) is 0 Å². The van der Waals surface area contributed by atoms with Crippen molar-refractivity contribution in [3.05, 3.63) is 47.1 Å². The van der Waals surface area contributed by atoms with Crippen LogP contribution >= 0.6 is 15.9 Å². The average Bonchev–Trinajstić information content (AvgIpc) is 2.66. The Morgan fingerprint density at radius 2 is 2.00 bits per heavy atom. The number of hydrogen-bond acceptors (Lipinski definition) is 6. The molecule has 3 N–H and O–H groups in total. The van der Waals surface area contributed by atoms with Crippen molar-refractivity contribution in [2.24, 2.45) is 0 Å². The molecule has 2 aromatic rings. The van der Waals surface area contributed by atoms with Crippen LogP contribution in [-0.4, -0.2) is 42.1 Å². The molecule has 0 amide bonds. The van der Waals surface area contributed by atoms with Gasteiger partial charge in [0, 0.05) is 30.7 Å². The van der Waals surface area contributed by atoms with E-state index in [1.165, 1.54) is 5.69 Å². The normalized spacial score (nSPS) is 14.5. The van der Waals surface area contributed by atoms with Gasteiger partial charge in [-0.2, -0.15) is 4.98 Å². The number of halogens is 1. The van der Waals surface area contributed by atoms with Crippen LogP contribution in [0.2, 0.25) is 0 Å². The lowest BCUT2D eigenvalue weighted by Crippen LogP contribution is -2.36. The summed E-state index contributed by atoms with van der Waals surface area (Å²) in [5, 5.41) is 13.9. The van der Waals surface area contributed by atoms with E-state index in [4.69, 9.17) is 10.1 Å². The number of allylic oxidation sites excluding steroid dienone is 1. The van der Waals surface area contributed by atoms with Gasteiger partial charge >= 0.3 is 0 Å². The minimum atomic E-state index is 0.257. The van der Waals surface area contributed by atoms with Gasteiger partial charge in [-0.25, -0.2) is 4.98 Å². The average molecular weight is 417 g/mol.